The van der Waals surface area contributed by atoms with Crippen LogP contribution in [0.5, 0.6) is 0 Å². The maximum Gasteiger partial charge on any atom is 0.223 e. The van der Waals surface area contributed by atoms with Gasteiger partial charge in [0.2, 0.25) is 11.8 Å². The highest BCUT2D eigenvalue weighted by Crippen LogP contribution is 2.33. The van der Waals surface area contributed by atoms with Gasteiger partial charge in [-0.1, -0.05) is 18.2 Å². The molecule has 1 aromatic carbocycles. The average Bonchev–Trinajstić information content (AvgIpc) is 3.57. The van der Waals surface area contributed by atoms with Crippen LogP contribution in [0.1, 0.15) is 11.4 Å². The van der Waals surface area contributed by atoms with E-state index < -0.39 is 0 Å². The highest BCUT2D eigenvalue weighted by Gasteiger charge is 2.21. The Morgan fingerprint density at radius 2 is 1.89 bits per heavy atom. The molecule has 0 radical (unpaired) electrons. The molecule has 0 aliphatic rings. The molecule has 0 atom stereocenters. The third kappa shape index (κ3) is 3.74. The summed E-state index contributed by atoms with van der Waals surface area (Å²) >= 11 is 0. The lowest BCUT2D eigenvalue weighted by Gasteiger charge is -2.11. The van der Waals surface area contributed by atoms with E-state index in [0.29, 0.717) is 51.1 Å². The second-order valence-electron chi connectivity index (χ2n) is 7.60. The van der Waals surface area contributed by atoms with Gasteiger partial charge in [0.05, 0.1) is 28.6 Å². The Morgan fingerprint density at radius 1 is 0.944 bits per heavy atom. The van der Waals surface area contributed by atoms with Gasteiger partial charge in [0.25, 0.3) is 0 Å². The molecule has 13 heteroatoms. The van der Waals surface area contributed by atoms with Crippen molar-refractivity contribution in [3.05, 3.63) is 78.6 Å². The Labute approximate surface area is 203 Å². The normalized spacial score (nSPS) is 11.0. The quantitative estimate of drug-likeness (QED) is 0.386. The van der Waals surface area contributed by atoms with E-state index in [9.17, 15) is 5.26 Å². The first-order valence-electron chi connectivity index (χ1n) is 10.7. The van der Waals surface area contributed by atoms with Gasteiger partial charge < -0.3 is 5.73 Å². The SMILES string of the molecule is N#Cc1cccc(-c2nc(N)n3nc(Cn4nnc(-c5ccccn5)n4)nc3c2-c2ccncn2)c1. The van der Waals surface area contributed by atoms with Crippen LogP contribution in [-0.4, -0.2) is 54.7 Å². The smallest absolute Gasteiger partial charge is 0.223 e. The van der Waals surface area contributed by atoms with Gasteiger partial charge >= 0.3 is 0 Å². The summed E-state index contributed by atoms with van der Waals surface area (Å²) in [6, 6.07) is 16.4. The van der Waals surface area contributed by atoms with Crippen LogP contribution in [0.25, 0.3) is 39.7 Å². The number of hydrogen-bond acceptors (Lipinski definition) is 11. The number of nitriles is 1. The van der Waals surface area contributed by atoms with Crippen molar-refractivity contribution in [1.29, 1.82) is 5.26 Å². The predicted octanol–water partition coefficient (Wildman–Crippen LogP) is 1.80. The summed E-state index contributed by atoms with van der Waals surface area (Å²) < 4.78 is 1.45. The summed E-state index contributed by atoms with van der Waals surface area (Å²) in [4.78, 5) is 23.4. The van der Waals surface area contributed by atoms with Crippen molar-refractivity contribution in [1.82, 2.24) is 54.7 Å². The Bertz CT molecular complexity index is 1730. The second-order valence-corrected chi connectivity index (χ2v) is 7.60. The Hall–Kier alpha value is -5.64. The van der Waals surface area contributed by atoms with Crippen molar-refractivity contribution in [3.63, 3.8) is 0 Å². The molecular weight excluding hydrogens is 458 g/mol. The zero-order valence-electron chi connectivity index (χ0n) is 18.5. The third-order valence-electron chi connectivity index (χ3n) is 5.29. The molecule has 5 aromatic heterocycles. The van der Waals surface area contributed by atoms with Gasteiger partial charge in [-0.2, -0.15) is 14.6 Å². The Balaban J connectivity index is 1.48. The number of fused-ring (bicyclic) bond motifs is 1. The second kappa shape index (κ2) is 8.61. The molecule has 5 heterocycles. The first kappa shape index (κ1) is 20.9. The topological polar surface area (TPSA) is 175 Å². The number of nitrogen functional groups attached to an aromatic ring is 1. The summed E-state index contributed by atoms with van der Waals surface area (Å²) in [5.41, 5.74) is 10.2. The van der Waals surface area contributed by atoms with E-state index in [2.05, 4.69) is 46.5 Å². The van der Waals surface area contributed by atoms with Gasteiger partial charge in [0.1, 0.15) is 18.6 Å². The van der Waals surface area contributed by atoms with Crippen LogP contribution in [0.4, 0.5) is 5.95 Å². The Kier molecular flexibility index (Phi) is 5.01. The number of nitrogens with zero attached hydrogens (tertiary/aromatic N) is 12. The van der Waals surface area contributed by atoms with E-state index in [1.807, 2.05) is 18.2 Å². The van der Waals surface area contributed by atoms with Gasteiger partial charge in [0.15, 0.2) is 11.5 Å². The standard InChI is InChI=1S/C23H15N13/c24-11-14-4-3-5-15(10-14)20-19(16-7-9-26-13-28-16)22-29-18(32-36(22)23(25)30-20)12-35-33-21(31-34-35)17-6-1-2-8-27-17/h1-10,13H,12H2,(H2,25,30). The molecular formula is C23H15N13. The summed E-state index contributed by atoms with van der Waals surface area (Å²) in [5, 5.41) is 26.4. The van der Waals surface area contributed by atoms with Crippen LogP contribution in [0.2, 0.25) is 0 Å². The number of anilines is 1. The molecule has 0 saturated heterocycles. The molecule has 2 N–H and O–H groups in total. The number of benzene rings is 1. The van der Waals surface area contributed by atoms with E-state index in [-0.39, 0.29) is 12.5 Å². The number of aromatic nitrogens is 11. The van der Waals surface area contributed by atoms with Gasteiger partial charge in [-0.25, -0.2) is 19.9 Å². The van der Waals surface area contributed by atoms with Crippen molar-refractivity contribution >= 4 is 11.6 Å². The molecule has 0 amide bonds. The average molecular weight is 473 g/mol. The summed E-state index contributed by atoms with van der Waals surface area (Å²) in [7, 11) is 0. The summed E-state index contributed by atoms with van der Waals surface area (Å²) in [6.07, 6.45) is 4.72. The number of tetrazole rings is 1. The lowest BCUT2D eigenvalue weighted by Crippen LogP contribution is -2.07. The summed E-state index contributed by atoms with van der Waals surface area (Å²) in [6.45, 7) is 0.142. The lowest BCUT2D eigenvalue weighted by atomic mass is 10.0. The monoisotopic (exact) mass is 473 g/mol. The maximum atomic E-state index is 9.37. The van der Waals surface area contributed by atoms with Crippen LogP contribution in [0, 0.1) is 11.3 Å². The minimum Gasteiger partial charge on any atom is -0.368 e. The molecule has 6 rings (SSSR count). The molecule has 36 heavy (non-hydrogen) atoms. The minimum absolute atomic E-state index is 0.125. The number of nitrogens with two attached hydrogens (primary N) is 1. The van der Waals surface area contributed by atoms with Gasteiger partial charge in [-0.3, -0.25) is 4.98 Å². The predicted molar refractivity (Wildman–Crippen MR) is 127 cm³/mol. The zero-order chi connectivity index (χ0) is 24.5. The molecule has 0 spiro atoms. The van der Waals surface area contributed by atoms with Crippen molar-refractivity contribution in [2.45, 2.75) is 6.54 Å². The molecule has 0 bridgehead atoms. The fraction of sp³-hybridized carbons (Fsp3) is 0.0435. The first-order valence-corrected chi connectivity index (χ1v) is 10.7. The van der Waals surface area contributed by atoms with Crippen molar-refractivity contribution in [3.8, 4) is 40.1 Å². The number of pyridine rings is 1. The van der Waals surface area contributed by atoms with E-state index in [1.165, 1.54) is 15.6 Å². The fourth-order valence-electron chi connectivity index (χ4n) is 3.72. The molecule has 13 nitrogen and oxygen atoms in total. The fourth-order valence-corrected chi connectivity index (χ4v) is 3.72. The molecule has 0 fully saturated rings. The van der Waals surface area contributed by atoms with Crippen LogP contribution in [0.3, 0.4) is 0 Å². The van der Waals surface area contributed by atoms with E-state index in [1.54, 1.807) is 42.7 Å². The van der Waals surface area contributed by atoms with Crippen molar-refractivity contribution < 1.29 is 0 Å². The first-order chi connectivity index (χ1) is 17.7. The molecule has 0 aliphatic heterocycles. The van der Waals surface area contributed by atoms with E-state index >= 15 is 0 Å². The highest BCUT2D eigenvalue weighted by atomic mass is 15.6. The number of rotatable bonds is 5. The zero-order valence-corrected chi connectivity index (χ0v) is 18.5. The van der Waals surface area contributed by atoms with Crippen LogP contribution in [0.15, 0.2) is 67.3 Å². The van der Waals surface area contributed by atoms with Crippen LogP contribution >= 0.6 is 0 Å². The minimum atomic E-state index is 0.125. The molecule has 172 valence electrons. The maximum absolute atomic E-state index is 9.37. The largest absolute Gasteiger partial charge is 0.368 e. The van der Waals surface area contributed by atoms with Gasteiger partial charge in [-0.15, -0.1) is 15.3 Å². The molecule has 0 saturated carbocycles. The highest BCUT2D eigenvalue weighted by molar-refractivity contribution is 5.89. The lowest BCUT2D eigenvalue weighted by molar-refractivity contribution is 0.554. The van der Waals surface area contributed by atoms with Crippen LogP contribution in [-0.2, 0) is 6.54 Å². The van der Waals surface area contributed by atoms with Crippen molar-refractivity contribution in [2.24, 2.45) is 0 Å². The van der Waals surface area contributed by atoms with E-state index in [4.69, 9.17) is 10.7 Å². The van der Waals surface area contributed by atoms with Crippen LogP contribution < -0.4 is 5.73 Å². The van der Waals surface area contributed by atoms with E-state index in [0.717, 1.165) is 0 Å². The molecule has 0 unspecified atom stereocenters. The van der Waals surface area contributed by atoms with Gasteiger partial charge in [0, 0.05) is 18.0 Å². The Morgan fingerprint density at radius 3 is 2.69 bits per heavy atom. The summed E-state index contributed by atoms with van der Waals surface area (Å²) in [5.74, 6) is 0.910. The third-order valence-corrected chi connectivity index (χ3v) is 5.29. The number of hydrogen-bond donors (Lipinski definition) is 1. The molecule has 6 aromatic rings. The molecule has 0 aliphatic carbocycles. The van der Waals surface area contributed by atoms with Crippen molar-refractivity contribution in [2.75, 3.05) is 5.73 Å². The van der Waals surface area contributed by atoms with Gasteiger partial charge in [-0.05, 0) is 35.5 Å².